The van der Waals surface area contributed by atoms with Crippen LogP contribution in [-0.4, -0.2) is 33.8 Å². The van der Waals surface area contributed by atoms with Crippen LogP contribution in [0.4, 0.5) is 0 Å². The first-order valence-electron chi connectivity index (χ1n) is 2.59. The fraction of sp³-hybridized carbons (Fsp3) is 0.800. The van der Waals surface area contributed by atoms with Crippen LogP contribution in [0.15, 0.2) is 0 Å². The van der Waals surface area contributed by atoms with Gasteiger partial charge in [-0.1, -0.05) is 0 Å². The number of thioether (sulfide) groups is 1. The summed E-state index contributed by atoms with van der Waals surface area (Å²) in [4.78, 5) is 9.00. The molecule has 0 unspecified atom stereocenters. The van der Waals surface area contributed by atoms with Gasteiger partial charge in [0.15, 0.2) is 0 Å². The highest BCUT2D eigenvalue weighted by Crippen LogP contribution is 1.98. The minimum absolute atomic E-state index is 0.234. The first-order chi connectivity index (χ1) is 4.65. The van der Waals surface area contributed by atoms with Crippen LogP contribution in [-0.2, 0) is 4.79 Å². The Balaban J connectivity index is 0. The Kier molecular flexibility index (Phi) is 15.0. The summed E-state index contributed by atoms with van der Waals surface area (Å²) in [5.74, 6) is -0.0799. The van der Waals surface area contributed by atoms with E-state index in [1.165, 1.54) is 11.8 Å². The van der Waals surface area contributed by atoms with Gasteiger partial charge in [-0.05, 0) is 0 Å². The van der Waals surface area contributed by atoms with Gasteiger partial charge in [0, 0.05) is 12.7 Å². The van der Waals surface area contributed by atoms with E-state index in [1.807, 2.05) is 0 Å². The van der Waals surface area contributed by atoms with Gasteiger partial charge in [0.25, 0.3) is 5.97 Å². The molecule has 62 valence electrons. The molecule has 3 nitrogen and oxygen atoms in total. The molecule has 0 amide bonds. The van der Waals surface area contributed by atoms with Crippen LogP contribution in [0.3, 0.4) is 0 Å². The Morgan fingerprint density at radius 1 is 1.70 bits per heavy atom. The molecule has 0 aromatic heterocycles. The molecular formula is C5H11ClO3S. The number of aliphatic hydroxyl groups is 1. The molecule has 0 saturated heterocycles. The summed E-state index contributed by atoms with van der Waals surface area (Å²) in [7, 11) is 0. The molecule has 0 heterocycles. The molecular weight excluding hydrogens is 176 g/mol. The van der Waals surface area contributed by atoms with Crippen molar-refractivity contribution < 1.29 is 15.0 Å². The Hall–Kier alpha value is 0.0700. The van der Waals surface area contributed by atoms with Gasteiger partial charge < -0.3 is 10.2 Å². The van der Waals surface area contributed by atoms with Crippen molar-refractivity contribution in [2.75, 3.05) is 17.6 Å². The van der Waals surface area contributed by atoms with E-state index in [0.717, 1.165) is 12.7 Å². The zero-order valence-electron chi connectivity index (χ0n) is 5.71. The van der Waals surface area contributed by atoms with Gasteiger partial charge in [-0.2, -0.15) is 0 Å². The zero-order chi connectivity index (χ0) is 8.41. The first-order valence-corrected chi connectivity index (χ1v) is 4.28. The van der Waals surface area contributed by atoms with E-state index in [-0.39, 0.29) is 6.61 Å². The van der Waals surface area contributed by atoms with Gasteiger partial charge >= 0.3 is 0 Å². The van der Waals surface area contributed by atoms with Crippen molar-refractivity contribution in [1.29, 1.82) is 0 Å². The predicted molar refractivity (Wildman–Crippen MR) is 43.6 cm³/mol. The number of aliphatic carboxylic acids is 1. The summed E-state index contributed by atoms with van der Waals surface area (Å²) in [6, 6.07) is 0. The molecule has 0 bridgehead atoms. The Morgan fingerprint density at radius 2 is 2.10 bits per heavy atom. The van der Waals surface area contributed by atoms with Crippen molar-refractivity contribution in [1.82, 2.24) is 0 Å². The fourth-order valence-electron chi connectivity index (χ4n) is 0.119. The van der Waals surface area contributed by atoms with Crippen molar-refractivity contribution >= 4 is 29.3 Å². The lowest BCUT2D eigenvalue weighted by Crippen LogP contribution is -1.83. The predicted octanol–water partition coefficient (Wildman–Crippen LogP) is 0.999. The van der Waals surface area contributed by atoms with E-state index in [1.54, 1.807) is 0 Å². The third-order valence-electron chi connectivity index (χ3n) is 0.313. The van der Waals surface area contributed by atoms with E-state index >= 15 is 0 Å². The Morgan fingerprint density at radius 3 is 2.20 bits per heavy atom. The summed E-state index contributed by atoms with van der Waals surface area (Å²) in [6.07, 6.45) is 0. The van der Waals surface area contributed by atoms with Gasteiger partial charge in [-0.3, -0.25) is 4.79 Å². The molecule has 0 aromatic carbocycles. The van der Waals surface area contributed by atoms with Crippen LogP contribution >= 0.6 is 23.4 Å². The van der Waals surface area contributed by atoms with Crippen LogP contribution < -0.4 is 0 Å². The third kappa shape index (κ3) is 42.8. The van der Waals surface area contributed by atoms with Crippen LogP contribution in [0.5, 0.6) is 0 Å². The van der Waals surface area contributed by atoms with Gasteiger partial charge in [-0.15, -0.1) is 23.4 Å². The number of carboxylic acid groups (broad SMARTS) is 1. The number of halogens is 1. The lowest BCUT2D eigenvalue weighted by Gasteiger charge is -1.85. The number of rotatable bonds is 3. The number of carboxylic acids is 1. The summed E-state index contributed by atoms with van der Waals surface area (Å²) >= 11 is 6.76. The van der Waals surface area contributed by atoms with Crippen LogP contribution in [0.1, 0.15) is 6.92 Å². The summed E-state index contributed by atoms with van der Waals surface area (Å²) in [5, 5.41) is 16.1. The molecule has 0 fully saturated rings. The average molecular weight is 187 g/mol. The van der Waals surface area contributed by atoms with Gasteiger partial charge in [-0.25, -0.2) is 0 Å². The number of hydrogen-bond donors (Lipinski definition) is 2. The number of carbonyl (C=O) groups is 1. The number of aliphatic hydroxyl groups excluding tert-OH is 1. The molecule has 5 heteroatoms. The second kappa shape index (κ2) is 11.8. The van der Waals surface area contributed by atoms with E-state index in [0.29, 0.717) is 5.21 Å². The first kappa shape index (κ1) is 12.7. The molecule has 0 rings (SSSR count). The largest absolute Gasteiger partial charge is 0.481 e. The lowest BCUT2D eigenvalue weighted by atomic mass is 10.9. The molecule has 0 spiro atoms. The number of alkyl halides is 1. The summed E-state index contributed by atoms with van der Waals surface area (Å²) < 4.78 is 0. The molecule has 2 N–H and O–H groups in total. The molecule has 0 aliphatic carbocycles. The van der Waals surface area contributed by atoms with Crippen molar-refractivity contribution in [2.24, 2.45) is 0 Å². The van der Waals surface area contributed by atoms with E-state index < -0.39 is 5.97 Å². The topological polar surface area (TPSA) is 57.5 Å². The van der Waals surface area contributed by atoms with Gasteiger partial charge in [0.1, 0.15) is 0 Å². The normalized spacial score (nSPS) is 7.90. The summed E-state index contributed by atoms with van der Waals surface area (Å²) in [6.45, 7) is 1.32. The Bertz CT molecular complexity index is 71.3. The molecule has 0 radical (unpaired) electrons. The maximum atomic E-state index is 9.00. The number of hydrogen-bond acceptors (Lipinski definition) is 3. The van der Waals surface area contributed by atoms with Crippen LogP contribution in [0, 0.1) is 0 Å². The van der Waals surface area contributed by atoms with E-state index in [2.05, 4.69) is 0 Å². The highest BCUT2D eigenvalue weighted by atomic mass is 35.5. The van der Waals surface area contributed by atoms with Crippen molar-refractivity contribution in [3.8, 4) is 0 Å². The van der Waals surface area contributed by atoms with Gasteiger partial charge in [0.05, 0.1) is 11.8 Å². The van der Waals surface area contributed by atoms with Crippen molar-refractivity contribution in [2.45, 2.75) is 6.92 Å². The molecule has 0 aliphatic heterocycles. The molecule has 0 aromatic rings. The maximum Gasteiger partial charge on any atom is 0.300 e. The minimum Gasteiger partial charge on any atom is -0.481 e. The van der Waals surface area contributed by atoms with Crippen molar-refractivity contribution in [3.63, 3.8) is 0 Å². The second-order valence-electron chi connectivity index (χ2n) is 1.26. The smallest absolute Gasteiger partial charge is 0.300 e. The monoisotopic (exact) mass is 186 g/mol. The second-order valence-corrected chi connectivity index (χ2v) is 2.95. The average Bonchev–Trinajstić information content (AvgIpc) is 1.82. The summed E-state index contributed by atoms with van der Waals surface area (Å²) in [5.41, 5.74) is 0. The third-order valence-corrected chi connectivity index (χ3v) is 1.40. The standard InChI is InChI=1S/C3H7ClOS.C2H4O2/c4-3-6-2-1-5;1-2(3)4/h5H,1-3H2;1H3,(H,3,4). The SMILES string of the molecule is CC(=O)O.OCCSCCl. The Labute approximate surface area is 69.4 Å². The van der Waals surface area contributed by atoms with Crippen LogP contribution in [0.25, 0.3) is 0 Å². The van der Waals surface area contributed by atoms with E-state index in [9.17, 15) is 0 Å². The quantitative estimate of drug-likeness (QED) is 0.510. The van der Waals surface area contributed by atoms with E-state index in [4.69, 9.17) is 26.6 Å². The van der Waals surface area contributed by atoms with Crippen molar-refractivity contribution in [3.05, 3.63) is 0 Å². The lowest BCUT2D eigenvalue weighted by molar-refractivity contribution is -0.134. The maximum absolute atomic E-state index is 9.00. The minimum atomic E-state index is -0.833. The zero-order valence-corrected chi connectivity index (χ0v) is 7.28. The van der Waals surface area contributed by atoms with Crippen LogP contribution in [0.2, 0.25) is 0 Å². The van der Waals surface area contributed by atoms with Gasteiger partial charge in [0.2, 0.25) is 0 Å². The molecule has 0 aliphatic rings. The highest BCUT2D eigenvalue weighted by molar-refractivity contribution is 8.00. The molecule has 0 saturated carbocycles. The molecule has 0 atom stereocenters. The molecule has 10 heavy (non-hydrogen) atoms. The highest BCUT2D eigenvalue weighted by Gasteiger charge is 1.77. The fourth-order valence-corrected chi connectivity index (χ4v) is 0.685.